The number of hydrogen-bond acceptors (Lipinski definition) is 5. The number of fused-ring (bicyclic) bond motifs is 1. The minimum Gasteiger partial charge on any atom is -0.408 e. The SMILES string of the molecule is CCCCCCC(F)(F)C(CC[C@H]1C(OC2CCCCO2)CC2OC(O)CC21)O[Si](C)(C)C(C)(C)C. The maximum absolute atomic E-state index is 15.7. The third-order valence-corrected chi connectivity index (χ3v) is 13.6. The van der Waals surface area contributed by atoms with Crippen LogP contribution in [-0.2, 0) is 18.6 Å². The molecule has 1 aliphatic carbocycles. The van der Waals surface area contributed by atoms with Crippen LogP contribution in [-0.4, -0.2) is 56.8 Å². The second-order valence-electron chi connectivity index (χ2n) is 12.9. The zero-order valence-corrected chi connectivity index (χ0v) is 24.6. The van der Waals surface area contributed by atoms with Gasteiger partial charge < -0.3 is 23.7 Å². The molecule has 0 radical (unpaired) electrons. The Labute approximate surface area is 219 Å². The lowest BCUT2D eigenvalue weighted by Gasteiger charge is -2.42. The second-order valence-corrected chi connectivity index (χ2v) is 17.7. The van der Waals surface area contributed by atoms with Gasteiger partial charge in [0.25, 0.3) is 5.92 Å². The van der Waals surface area contributed by atoms with Gasteiger partial charge in [0.05, 0.1) is 12.2 Å². The maximum Gasteiger partial charge on any atom is 0.272 e. The van der Waals surface area contributed by atoms with E-state index >= 15 is 8.78 Å². The molecule has 0 bridgehead atoms. The molecule has 5 nitrogen and oxygen atoms in total. The van der Waals surface area contributed by atoms with E-state index in [0.717, 1.165) is 38.5 Å². The first-order valence-electron chi connectivity index (χ1n) is 14.5. The first-order chi connectivity index (χ1) is 16.8. The summed E-state index contributed by atoms with van der Waals surface area (Å²) in [4.78, 5) is 0. The molecule has 1 N–H and O–H groups in total. The molecule has 36 heavy (non-hydrogen) atoms. The Hall–Kier alpha value is -0.123. The predicted molar refractivity (Wildman–Crippen MR) is 141 cm³/mol. The van der Waals surface area contributed by atoms with Gasteiger partial charge in [-0.2, -0.15) is 0 Å². The van der Waals surface area contributed by atoms with Crippen LogP contribution in [0.15, 0.2) is 0 Å². The zero-order chi connectivity index (χ0) is 26.6. The number of alkyl halides is 2. The largest absolute Gasteiger partial charge is 0.408 e. The van der Waals surface area contributed by atoms with Crippen LogP contribution in [0.3, 0.4) is 0 Å². The first-order valence-corrected chi connectivity index (χ1v) is 17.4. The molecular formula is C28H52F2O5Si. The molecule has 2 heterocycles. The number of aliphatic hydroxyl groups excluding tert-OH is 1. The normalized spacial score (nSPS) is 32.6. The number of hydrogen-bond donors (Lipinski definition) is 1. The molecule has 0 spiro atoms. The van der Waals surface area contributed by atoms with Crippen LogP contribution in [0.5, 0.6) is 0 Å². The topological polar surface area (TPSA) is 57.2 Å². The van der Waals surface area contributed by atoms with Crippen LogP contribution >= 0.6 is 0 Å². The van der Waals surface area contributed by atoms with Gasteiger partial charge in [-0.15, -0.1) is 0 Å². The summed E-state index contributed by atoms with van der Waals surface area (Å²) >= 11 is 0. The average Bonchev–Trinajstić information content (AvgIpc) is 3.29. The van der Waals surface area contributed by atoms with Gasteiger partial charge in [-0.3, -0.25) is 0 Å². The van der Waals surface area contributed by atoms with Crippen molar-refractivity contribution in [2.75, 3.05) is 6.61 Å². The van der Waals surface area contributed by atoms with Gasteiger partial charge >= 0.3 is 0 Å². The van der Waals surface area contributed by atoms with E-state index in [1.54, 1.807) is 0 Å². The summed E-state index contributed by atoms with van der Waals surface area (Å²) in [5.41, 5.74) is 0. The summed E-state index contributed by atoms with van der Waals surface area (Å²) in [6.45, 7) is 13.2. The fourth-order valence-corrected chi connectivity index (χ4v) is 7.21. The van der Waals surface area contributed by atoms with Crippen LogP contribution in [0.1, 0.15) is 105 Å². The van der Waals surface area contributed by atoms with Crippen molar-refractivity contribution in [2.45, 2.75) is 160 Å². The van der Waals surface area contributed by atoms with Crippen molar-refractivity contribution < 1.29 is 32.5 Å². The molecule has 212 valence electrons. The van der Waals surface area contributed by atoms with Crippen LogP contribution in [0, 0.1) is 11.8 Å². The van der Waals surface area contributed by atoms with E-state index in [0.29, 0.717) is 38.7 Å². The maximum atomic E-state index is 15.7. The van der Waals surface area contributed by atoms with Gasteiger partial charge in [0.2, 0.25) is 0 Å². The minimum absolute atomic E-state index is 0.0547. The molecule has 0 aromatic rings. The highest BCUT2D eigenvalue weighted by molar-refractivity contribution is 6.74. The van der Waals surface area contributed by atoms with Crippen LogP contribution in [0.2, 0.25) is 18.1 Å². The Morgan fingerprint density at radius 2 is 1.83 bits per heavy atom. The molecule has 3 rings (SSSR count). The highest BCUT2D eigenvalue weighted by Crippen LogP contribution is 2.48. The van der Waals surface area contributed by atoms with Gasteiger partial charge in [-0.05, 0) is 68.5 Å². The van der Waals surface area contributed by atoms with Gasteiger partial charge in [0.15, 0.2) is 20.9 Å². The molecule has 8 heteroatoms. The molecule has 6 unspecified atom stereocenters. The van der Waals surface area contributed by atoms with E-state index in [1.165, 1.54) is 0 Å². The van der Waals surface area contributed by atoms with Crippen molar-refractivity contribution >= 4 is 8.32 Å². The van der Waals surface area contributed by atoms with E-state index in [2.05, 4.69) is 40.8 Å². The second kappa shape index (κ2) is 12.8. The molecule has 1 saturated carbocycles. The lowest BCUT2D eigenvalue weighted by molar-refractivity contribution is -0.200. The summed E-state index contributed by atoms with van der Waals surface area (Å²) < 4.78 is 55.8. The Morgan fingerprint density at radius 3 is 2.47 bits per heavy atom. The fraction of sp³-hybridized carbons (Fsp3) is 1.00. The summed E-state index contributed by atoms with van der Waals surface area (Å²) in [5, 5.41) is 9.98. The van der Waals surface area contributed by atoms with Gasteiger partial charge in [-0.25, -0.2) is 8.78 Å². The summed E-state index contributed by atoms with van der Waals surface area (Å²) in [7, 11) is -2.39. The average molecular weight is 535 g/mol. The Balaban J connectivity index is 1.72. The highest BCUT2D eigenvalue weighted by Gasteiger charge is 2.52. The van der Waals surface area contributed by atoms with Gasteiger partial charge in [-0.1, -0.05) is 47.0 Å². The number of halogens is 2. The number of unbranched alkanes of at least 4 members (excludes halogenated alkanes) is 3. The monoisotopic (exact) mass is 534 g/mol. The smallest absolute Gasteiger partial charge is 0.272 e. The highest BCUT2D eigenvalue weighted by atomic mass is 28.4. The molecule has 0 aromatic heterocycles. The molecule has 0 amide bonds. The summed E-state index contributed by atoms with van der Waals surface area (Å²) in [5.74, 6) is -2.69. The van der Waals surface area contributed by atoms with Gasteiger partial charge in [0, 0.05) is 25.9 Å². The zero-order valence-electron chi connectivity index (χ0n) is 23.6. The Morgan fingerprint density at radius 1 is 1.08 bits per heavy atom. The number of rotatable bonds is 13. The van der Waals surface area contributed by atoms with Crippen molar-refractivity contribution in [3.05, 3.63) is 0 Å². The Kier molecular flexibility index (Phi) is 10.8. The quantitative estimate of drug-likeness (QED) is 0.197. The van der Waals surface area contributed by atoms with E-state index in [1.807, 2.05) is 0 Å². The van der Waals surface area contributed by atoms with Crippen molar-refractivity contribution in [3.8, 4) is 0 Å². The van der Waals surface area contributed by atoms with E-state index in [4.69, 9.17) is 18.6 Å². The lowest BCUT2D eigenvalue weighted by Crippen LogP contribution is -2.49. The molecule has 0 aromatic carbocycles. The van der Waals surface area contributed by atoms with Crippen molar-refractivity contribution in [1.82, 2.24) is 0 Å². The number of ether oxygens (including phenoxy) is 3. The third-order valence-electron chi connectivity index (χ3n) is 9.08. The van der Waals surface area contributed by atoms with E-state index in [9.17, 15) is 5.11 Å². The standard InChI is InChI=1S/C28H52F2O5Si/c1-7-8-9-11-16-28(29,30)24(35-36(5,6)27(2,3)4)15-14-20-21-18-25(31)33-23(21)19-22(20)34-26-13-10-12-17-32-26/h20-26,31H,7-19H2,1-6H3/t20-,21?,22?,23?,24?,25?,26?/m1/s1. The third kappa shape index (κ3) is 7.95. The first kappa shape index (κ1) is 30.4. The van der Waals surface area contributed by atoms with Crippen molar-refractivity contribution in [1.29, 1.82) is 0 Å². The minimum atomic E-state index is -2.87. The van der Waals surface area contributed by atoms with Gasteiger partial charge in [0.1, 0.15) is 6.10 Å². The van der Waals surface area contributed by atoms with Crippen molar-refractivity contribution in [2.24, 2.45) is 11.8 Å². The Bertz CT molecular complexity index is 665. The molecule has 7 atom stereocenters. The molecule has 2 saturated heterocycles. The van der Waals surface area contributed by atoms with Crippen LogP contribution in [0.25, 0.3) is 0 Å². The number of aliphatic hydroxyl groups is 1. The lowest BCUT2D eigenvalue weighted by atomic mass is 9.86. The van der Waals surface area contributed by atoms with Crippen molar-refractivity contribution in [3.63, 3.8) is 0 Å². The van der Waals surface area contributed by atoms with Crippen LogP contribution in [0.4, 0.5) is 8.78 Å². The van der Waals surface area contributed by atoms with E-state index < -0.39 is 26.6 Å². The summed E-state index contributed by atoms with van der Waals surface area (Å²) in [6.07, 6.45) is 6.09. The van der Waals surface area contributed by atoms with Crippen LogP contribution < -0.4 is 0 Å². The predicted octanol–water partition coefficient (Wildman–Crippen LogP) is 7.42. The molecule has 2 aliphatic heterocycles. The molecular weight excluding hydrogens is 482 g/mol. The molecule has 3 aliphatic rings. The molecule has 3 fully saturated rings. The van der Waals surface area contributed by atoms with E-state index in [-0.39, 0.29) is 41.8 Å². The summed E-state index contributed by atoms with van der Waals surface area (Å²) in [6, 6.07) is 0. The fourth-order valence-electron chi connectivity index (χ4n) is 5.85.